The Balaban J connectivity index is 2.01. The molecule has 118 valence electrons. The summed E-state index contributed by atoms with van der Waals surface area (Å²) in [5.41, 5.74) is 1.06. The number of fused-ring (bicyclic) bond motifs is 1. The summed E-state index contributed by atoms with van der Waals surface area (Å²) in [6, 6.07) is 8.20. The van der Waals surface area contributed by atoms with Gasteiger partial charge in [0.1, 0.15) is 0 Å². The van der Waals surface area contributed by atoms with E-state index in [2.05, 4.69) is 32.0 Å². The number of thioether (sulfide) groups is 1. The van der Waals surface area contributed by atoms with Crippen LogP contribution in [0.15, 0.2) is 35.2 Å². The average molecular weight is 334 g/mol. The van der Waals surface area contributed by atoms with Crippen molar-refractivity contribution in [1.29, 1.82) is 0 Å². The average Bonchev–Trinajstić information content (AvgIpc) is 2.70. The highest BCUT2D eigenvalue weighted by molar-refractivity contribution is 8.02. The lowest BCUT2D eigenvalue weighted by Gasteiger charge is -2.18. The maximum atomic E-state index is 12.3. The van der Waals surface area contributed by atoms with Gasteiger partial charge in [-0.1, -0.05) is 37.8 Å². The van der Waals surface area contributed by atoms with Crippen molar-refractivity contribution < 1.29 is 9.59 Å². The van der Waals surface area contributed by atoms with Crippen molar-refractivity contribution in [3.63, 3.8) is 0 Å². The van der Waals surface area contributed by atoms with E-state index in [1.165, 1.54) is 9.81 Å². The number of rotatable bonds is 6. The van der Waals surface area contributed by atoms with Gasteiger partial charge in [0.05, 0.1) is 11.1 Å². The quantitative estimate of drug-likeness (QED) is 0.577. The fourth-order valence-electron chi connectivity index (χ4n) is 2.55. The molecule has 0 spiro atoms. The summed E-state index contributed by atoms with van der Waals surface area (Å²) in [5.74, 6) is -0.324. The van der Waals surface area contributed by atoms with Crippen LogP contribution in [0.4, 0.5) is 0 Å². The highest BCUT2D eigenvalue weighted by atomic mass is 32.2. The SMILES string of the molecule is CS/C(=C/CCN1C(=O)c2ccccc2C1=O)C[Si](C)(C)C. The Morgan fingerprint density at radius 3 is 2.14 bits per heavy atom. The number of nitrogens with zero attached hydrogens (tertiary/aromatic N) is 1. The molecular formula is C17H23NO2SSi. The molecule has 2 rings (SSSR count). The van der Waals surface area contributed by atoms with E-state index in [0.717, 1.165) is 12.5 Å². The van der Waals surface area contributed by atoms with Gasteiger partial charge in [-0.25, -0.2) is 0 Å². The van der Waals surface area contributed by atoms with Crippen LogP contribution >= 0.6 is 11.8 Å². The van der Waals surface area contributed by atoms with Crippen molar-refractivity contribution in [2.24, 2.45) is 0 Å². The highest BCUT2D eigenvalue weighted by Gasteiger charge is 2.34. The van der Waals surface area contributed by atoms with E-state index in [1.54, 1.807) is 36.0 Å². The number of benzene rings is 1. The molecule has 2 amide bonds. The third-order valence-electron chi connectivity index (χ3n) is 3.57. The first-order valence-corrected chi connectivity index (χ1v) is 12.4. The normalized spacial score (nSPS) is 15.5. The molecule has 1 aromatic carbocycles. The van der Waals surface area contributed by atoms with E-state index >= 15 is 0 Å². The monoisotopic (exact) mass is 333 g/mol. The van der Waals surface area contributed by atoms with Gasteiger partial charge < -0.3 is 0 Å². The fraction of sp³-hybridized carbons (Fsp3) is 0.412. The molecule has 0 fully saturated rings. The van der Waals surface area contributed by atoms with Gasteiger partial charge in [0.25, 0.3) is 11.8 Å². The van der Waals surface area contributed by atoms with Crippen LogP contribution in [-0.2, 0) is 0 Å². The second kappa shape index (κ2) is 6.83. The van der Waals surface area contributed by atoms with Crippen molar-refractivity contribution in [2.75, 3.05) is 12.8 Å². The topological polar surface area (TPSA) is 37.4 Å². The lowest BCUT2D eigenvalue weighted by molar-refractivity contribution is 0.0657. The van der Waals surface area contributed by atoms with Crippen LogP contribution in [0.25, 0.3) is 0 Å². The van der Waals surface area contributed by atoms with Crippen LogP contribution in [0.2, 0.25) is 25.7 Å². The number of carbonyl (C=O) groups excluding carboxylic acids is 2. The summed E-state index contributed by atoms with van der Waals surface area (Å²) in [6.07, 6.45) is 5.01. The minimum atomic E-state index is -1.14. The Bertz CT molecular complexity index is 584. The van der Waals surface area contributed by atoms with E-state index in [9.17, 15) is 9.59 Å². The molecule has 5 heteroatoms. The maximum Gasteiger partial charge on any atom is 0.261 e. The first-order valence-electron chi connectivity index (χ1n) is 7.52. The second-order valence-electron chi connectivity index (χ2n) is 6.71. The molecule has 0 aliphatic carbocycles. The van der Waals surface area contributed by atoms with Gasteiger partial charge >= 0.3 is 0 Å². The predicted octanol–water partition coefficient (Wildman–Crippen LogP) is 4.26. The number of amides is 2. The number of carbonyl (C=O) groups is 2. The fourth-order valence-corrected chi connectivity index (χ4v) is 5.90. The van der Waals surface area contributed by atoms with Gasteiger partial charge in [-0.3, -0.25) is 14.5 Å². The minimum absolute atomic E-state index is 0.162. The molecule has 1 aromatic rings. The third-order valence-corrected chi connectivity index (χ3v) is 6.10. The first kappa shape index (κ1) is 17.0. The number of hydrogen-bond donors (Lipinski definition) is 0. The Hall–Kier alpha value is -1.33. The molecule has 0 N–H and O–H groups in total. The molecule has 0 aromatic heterocycles. The molecule has 0 saturated heterocycles. The molecule has 0 radical (unpaired) electrons. The smallest absolute Gasteiger partial charge is 0.261 e. The Kier molecular flexibility index (Phi) is 5.29. The molecule has 3 nitrogen and oxygen atoms in total. The lowest BCUT2D eigenvalue weighted by Crippen LogP contribution is -2.30. The van der Waals surface area contributed by atoms with Gasteiger partial charge in [-0.2, -0.15) is 0 Å². The van der Waals surface area contributed by atoms with Crippen molar-refractivity contribution in [3.8, 4) is 0 Å². The van der Waals surface area contributed by atoms with Crippen molar-refractivity contribution in [3.05, 3.63) is 46.4 Å². The van der Waals surface area contributed by atoms with E-state index < -0.39 is 8.07 Å². The first-order chi connectivity index (χ1) is 10.3. The van der Waals surface area contributed by atoms with Gasteiger partial charge in [-0.15, -0.1) is 11.8 Å². The molecule has 0 saturated carbocycles. The third kappa shape index (κ3) is 3.90. The van der Waals surface area contributed by atoms with E-state index in [4.69, 9.17) is 0 Å². The molecule has 1 aliphatic heterocycles. The zero-order valence-electron chi connectivity index (χ0n) is 13.7. The van der Waals surface area contributed by atoms with Crippen molar-refractivity contribution in [1.82, 2.24) is 4.90 Å². The van der Waals surface area contributed by atoms with Crippen LogP contribution in [0, 0.1) is 0 Å². The van der Waals surface area contributed by atoms with Gasteiger partial charge in [0, 0.05) is 14.6 Å². The zero-order valence-corrected chi connectivity index (χ0v) is 15.5. The molecule has 22 heavy (non-hydrogen) atoms. The summed E-state index contributed by atoms with van der Waals surface area (Å²) >= 11 is 1.78. The van der Waals surface area contributed by atoms with Crippen LogP contribution in [0.5, 0.6) is 0 Å². The Morgan fingerprint density at radius 1 is 1.14 bits per heavy atom. The summed E-state index contributed by atoms with van der Waals surface area (Å²) in [4.78, 5) is 27.3. The van der Waals surface area contributed by atoms with Crippen LogP contribution < -0.4 is 0 Å². The standard InChI is InChI=1S/C17H23NO2SSi/c1-21-13(12-22(2,3)4)8-7-11-18-16(19)14-9-5-6-10-15(14)17(18)20/h5-6,8-10H,7,11-12H2,1-4H3/b13-8+. The molecule has 0 unspecified atom stereocenters. The predicted molar refractivity (Wildman–Crippen MR) is 96.2 cm³/mol. The summed E-state index contributed by atoms with van der Waals surface area (Å²) in [6.45, 7) is 7.51. The Morgan fingerprint density at radius 2 is 1.68 bits per heavy atom. The van der Waals surface area contributed by atoms with Gasteiger partial charge in [-0.05, 0) is 35.8 Å². The zero-order chi connectivity index (χ0) is 16.3. The van der Waals surface area contributed by atoms with Crippen LogP contribution in [0.3, 0.4) is 0 Å². The van der Waals surface area contributed by atoms with Crippen molar-refractivity contribution in [2.45, 2.75) is 32.1 Å². The second-order valence-corrected chi connectivity index (χ2v) is 13.1. The van der Waals surface area contributed by atoms with E-state index in [0.29, 0.717) is 17.7 Å². The summed E-state index contributed by atoms with van der Waals surface area (Å²) in [7, 11) is -1.14. The van der Waals surface area contributed by atoms with Gasteiger partial charge in [0.15, 0.2) is 0 Å². The lowest BCUT2D eigenvalue weighted by atomic mass is 10.1. The summed E-state index contributed by atoms with van der Waals surface area (Å²) < 4.78 is 0. The largest absolute Gasteiger partial charge is 0.274 e. The number of hydrogen-bond acceptors (Lipinski definition) is 3. The molecule has 1 aliphatic rings. The minimum Gasteiger partial charge on any atom is -0.274 e. The van der Waals surface area contributed by atoms with E-state index in [1.807, 2.05) is 0 Å². The Labute approximate surface area is 137 Å². The van der Waals surface area contributed by atoms with Crippen LogP contribution in [0.1, 0.15) is 27.1 Å². The van der Waals surface area contributed by atoms with Crippen molar-refractivity contribution >= 4 is 31.7 Å². The van der Waals surface area contributed by atoms with E-state index in [-0.39, 0.29) is 11.8 Å². The number of imide groups is 1. The molecule has 0 atom stereocenters. The summed E-state index contributed by atoms with van der Waals surface area (Å²) in [5, 5.41) is 0. The number of allylic oxidation sites excluding steroid dienone is 1. The highest BCUT2D eigenvalue weighted by Crippen LogP contribution is 2.26. The molecule has 1 heterocycles. The maximum absolute atomic E-state index is 12.3. The van der Waals surface area contributed by atoms with Gasteiger partial charge in [0.2, 0.25) is 0 Å². The molecular weight excluding hydrogens is 310 g/mol. The van der Waals surface area contributed by atoms with Crippen LogP contribution in [-0.4, -0.2) is 37.6 Å². The molecule has 0 bridgehead atoms.